The van der Waals surface area contributed by atoms with Gasteiger partial charge in [-0.05, 0) is 76.9 Å². The third-order valence-electron chi connectivity index (χ3n) is 10.5. The lowest BCUT2D eigenvalue weighted by molar-refractivity contribution is 1.18. The average molecular weight is 687 g/mol. The van der Waals surface area contributed by atoms with Crippen LogP contribution in [0.2, 0.25) is 0 Å². The molecule has 0 atom stereocenters. The number of hydrogen-bond acceptors (Lipinski definition) is 1. The zero-order chi connectivity index (χ0) is 36.2. The fourth-order valence-corrected chi connectivity index (χ4v) is 8.24. The number of aromatic nitrogens is 2. The van der Waals surface area contributed by atoms with Crippen LogP contribution in [0.15, 0.2) is 182 Å². The highest BCUT2D eigenvalue weighted by Crippen LogP contribution is 2.47. The van der Waals surface area contributed by atoms with Gasteiger partial charge >= 0.3 is 0 Å². The van der Waals surface area contributed by atoms with Gasteiger partial charge < -0.3 is 9.13 Å². The number of rotatable bonds is 5. The number of nitrogens with zero attached hydrogens (tertiary/aromatic N) is 4. The van der Waals surface area contributed by atoms with Crippen LogP contribution in [0.25, 0.3) is 93.2 Å². The molecule has 10 aromatic rings. The minimum atomic E-state index is 0.452. The first-order valence-corrected chi connectivity index (χ1v) is 18.0. The van der Waals surface area contributed by atoms with Crippen LogP contribution in [0.4, 0.5) is 5.69 Å². The van der Waals surface area contributed by atoms with Crippen molar-refractivity contribution < 1.29 is 0 Å². The number of nitriles is 1. The van der Waals surface area contributed by atoms with Crippen molar-refractivity contribution >= 4 is 49.3 Å². The first kappa shape index (κ1) is 31.1. The predicted molar refractivity (Wildman–Crippen MR) is 222 cm³/mol. The van der Waals surface area contributed by atoms with E-state index < -0.39 is 0 Å². The van der Waals surface area contributed by atoms with Gasteiger partial charge in [-0.25, -0.2) is 4.85 Å². The van der Waals surface area contributed by atoms with E-state index in [1.165, 1.54) is 32.6 Å². The molecule has 0 saturated heterocycles. The van der Waals surface area contributed by atoms with Crippen molar-refractivity contribution in [2.75, 3.05) is 0 Å². The molecule has 0 aliphatic carbocycles. The predicted octanol–water partition coefficient (Wildman–Crippen LogP) is 13.3. The molecule has 0 unspecified atom stereocenters. The van der Waals surface area contributed by atoms with E-state index in [9.17, 15) is 5.26 Å². The zero-order valence-electron chi connectivity index (χ0n) is 29.1. The van der Waals surface area contributed by atoms with E-state index >= 15 is 0 Å². The van der Waals surface area contributed by atoms with Gasteiger partial charge in [-0.3, -0.25) is 0 Å². The molecular weight excluding hydrogens is 657 g/mol. The van der Waals surface area contributed by atoms with E-state index in [1.807, 2.05) is 18.2 Å². The molecule has 0 saturated carbocycles. The Morgan fingerprint density at radius 2 is 1.04 bits per heavy atom. The molecule has 2 heterocycles. The highest BCUT2D eigenvalue weighted by Gasteiger charge is 2.25. The molecule has 10 rings (SSSR count). The molecule has 0 spiro atoms. The van der Waals surface area contributed by atoms with E-state index in [0.29, 0.717) is 11.3 Å². The molecule has 0 fully saturated rings. The maximum atomic E-state index is 9.65. The molecule has 0 aliphatic heterocycles. The lowest BCUT2D eigenvalue weighted by atomic mass is 9.90. The molecule has 0 radical (unpaired) electrons. The lowest BCUT2D eigenvalue weighted by Gasteiger charge is -2.21. The van der Waals surface area contributed by atoms with Crippen molar-refractivity contribution in [3.63, 3.8) is 0 Å². The van der Waals surface area contributed by atoms with Gasteiger partial charge in [-0.2, -0.15) is 5.26 Å². The lowest BCUT2D eigenvalue weighted by Crippen LogP contribution is -2.02. The van der Waals surface area contributed by atoms with Crippen LogP contribution in [0.3, 0.4) is 0 Å². The van der Waals surface area contributed by atoms with Crippen LogP contribution in [0.5, 0.6) is 0 Å². The molecule has 4 heteroatoms. The largest absolute Gasteiger partial charge is 0.309 e. The summed E-state index contributed by atoms with van der Waals surface area (Å²) in [6.45, 7) is 8.07. The second-order valence-electron chi connectivity index (χ2n) is 13.5. The molecule has 0 N–H and O–H groups in total. The van der Waals surface area contributed by atoms with Crippen LogP contribution < -0.4 is 0 Å². The van der Waals surface area contributed by atoms with E-state index in [-0.39, 0.29) is 0 Å². The minimum Gasteiger partial charge on any atom is -0.309 e. The second kappa shape index (κ2) is 12.5. The van der Waals surface area contributed by atoms with Crippen molar-refractivity contribution in [3.05, 3.63) is 199 Å². The molecule has 54 heavy (non-hydrogen) atoms. The molecular formula is C50H30N4. The van der Waals surface area contributed by atoms with Gasteiger partial charge in [0.15, 0.2) is 5.69 Å². The molecule has 0 amide bonds. The van der Waals surface area contributed by atoms with E-state index in [1.54, 1.807) is 12.1 Å². The average Bonchev–Trinajstić information content (AvgIpc) is 3.76. The minimum absolute atomic E-state index is 0.452. The van der Waals surface area contributed by atoms with Crippen LogP contribution in [0, 0.1) is 17.9 Å². The second-order valence-corrected chi connectivity index (χ2v) is 13.5. The van der Waals surface area contributed by atoms with Crippen LogP contribution in [0.1, 0.15) is 5.56 Å². The maximum Gasteiger partial charge on any atom is 0.196 e. The highest BCUT2D eigenvalue weighted by atomic mass is 15.0. The Balaban J connectivity index is 1.40. The topological polar surface area (TPSA) is 38.0 Å². The van der Waals surface area contributed by atoms with Gasteiger partial charge in [-0.15, -0.1) is 0 Å². The summed E-state index contributed by atoms with van der Waals surface area (Å²) in [5, 5.41) is 14.4. The normalized spacial score (nSPS) is 11.3. The molecule has 0 bridgehead atoms. The monoisotopic (exact) mass is 686 g/mol. The highest BCUT2D eigenvalue weighted by molar-refractivity contribution is 6.26. The van der Waals surface area contributed by atoms with Gasteiger partial charge in [0.05, 0.1) is 40.4 Å². The van der Waals surface area contributed by atoms with Gasteiger partial charge in [0.1, 0.15) is 0 Å². The summed E-state index contributed by atoms with van der Waals surface area (Å²) in [5.74, 6) is 0. The van der Waals surface area contributed by atoms with Crippen LogP contribution >= 0.6 is 0 Å². The van der Waals surface area contributed by atoms with Gasteiger partial charge in [0, 0.05) is 43.9 Å². The van der Waals surface area contributed by atoms with E-state index in [0.717, 1.165) is 55.8 Å². The number of hydrogen-bond donors (Lipinski definition) is 0. The van der Waals surface area contributed by atoms with Crippen LogP contribution in [-0.4, -0.2) is 9.13 Å². The molecule has 0 aliphatic rings. The summed E-state index contributed by atoms with van der Waals surface area (Å²) in [6, 6.07) is 65.7. The first-order chi connectivity index (χ1) is 26.7. The summed E-state index contributed by atoms with van der Waals surface area (Å²) < 4.78 is 4.86. The Bertz CT molecular complexity index is 3100. The van der Waals surface area contributed by atoms with Crippen molar-refractivity contribution in [2.24, 2.45) is 0 Å². The smallest absolute Gasteiger partial charge is 0.196 e. The van der Waals surface area contributed by atoms with Crippen molar-refractivity contribution in [1.82, 2.24) is 9.13 Å². The quantitative estimate of drug-likeness (QED) is 0.166. The SMILES string of the molecule is [C-]#[N+]c1cc(C#N)ccc1-c1cc(-c2ccccc2)c(-n2c3ccccc3c3c2ccc2c4ccccc4n(-c4ccccc4)c23)c(-c2ccccc2)c1. The van der Waals surface area contributed by atoms with Gasteiger partial charge in [0.25, 0.3) is 0 Å². The van der Waals surface area contributed by atoms with Crippen molar-refractivity contribution in [1.29, 1.82) is 5.26 Å². The van der Waals surface area contributed by atoms with E-state index in [4.69, 9.17) is 6.57 Å². The molecule has 250 valence electrons. The maximum absolute atomic E-state index is 9.65. The molecule has 4 nitrogen and oxygen atoms in total. The molecule has 8 aromatic carbocycles. The van der Waals surface area contributed by atoms with Crippen molar-refractivity contribution in [3.8, 4) is 50.8 Å². The Hall–Kier alpha value is -7.66. The Morgan fingerprint density at radius 3 is 1.67 bits per heavy atom. The number of para-hydroxylation sites is 3. The van der Waals surface area contributed by atoms with Gasteiger partial charge in [0.2, 0.25) is 0 Å². The number of fused-ring (bicyclic) bond motifs is 7. The summed E-state index contributed by atoms with van der Waals surface area (Å²) in [6.07, 6.45) is 0. The fraction of sp³-hybridized carbons (Fsp3) is 0. The number of benzene rings is 8. The fourth-order valence-electron chi connectivity index (χ4n) is 8.24. The Labute approximate surface area is 312 Å². The summed E-state index contributed by atoms with van der Waals surface area (Å²) >= 11 is 0. The third-order valence-corrected chi connectivity index (χ3v) is 10.5. The third kappa shape index (κ3) is 4.76. The van der Waals surface area contributed by atoms with Crippen molar-refractivity contribution in [2.45, 2.75) is 0 Å². The summed E-state index contributed by atoms with van der Waals surface area (Å²) in [7, 11) is 0. The van der Waals surface area contributed by atoms with E-state index in [2.05, 4.69) is 172 Å². The Kier molecular flexibility index (Phi) is 7.22. The standard InChI is InChI=1S/C50H30N4/c1-52-44-29-33(32-51)25-26-38(44)36-30-42(34-15-5-2-6-16-34)49(43(31-36)35-17-7-3-8-18-35)54-46-24-14-12-22-41(46)48-47(54)28-27-40-39-21-11-13-23-45(39)53(50(40)48)37-19-9-4-10-20-37/h2-31H. The van der Waals surface area contributed by atoms with Crippen LogP contribution in [-0.2, 0) is 0 Å². The summed E-state index contributed by atoms with van der Waals surface area (Å²) in [5.41, 5.74) is 13.6. The first-order valence-electron chi connectivity index (χ1n) is 18.0. The Morgan fingerprint density at radius 1 is 0.463 bits per heavy atom. The van der Waals surface area contributed by atoms with Gasteiger partial charge in [-0.1, -0.05) is 127 Å². The zero-order valence-corrected chi connectivity index (χ0v) is 29.1. The molecule has 2 aromatic heterocycles. The summed E-state index contributed by atoms with van der Waals surface area (Å²) in [4.78, 5) is 3.89.